The van der Waals surface area contributed by atoms with Crippen LogP contribution in [0.25, 0.3) is 0 Å². The van der Waals surface area contributed by atoms with Gasteiger partial charge < -0.3 is 38.3 Å². The van der Waals surface area contributed by atoms with E-state index in [-0.39, 0.29) is 24.7 Å². The van der Waals surface area contributed by atoms with Gasteiger partial charge in [0.15, 0.2) is 0 Å². The topological polar surface area (TPSA) is 220 Å². The van der Waals surface area contributed by atoms with E-state index in [2.05, 4.69) is 16.0 Å². The van der Waals surface area contributed by atoms with Gasteiger partial charge in [0.05, 0.1) is 12.5 Å². The molecule has 0 aromatic heterocycles. The molecule has 0 bridgehead atoms. The third kappa shape index (κ3) is 11.1. The van der Waals surface area contributed by atoms with Gasteiger partial charge in [0.25, 0.3) is 0 Å². The highest BCUT2D eigenvalue weighted by Gasteiger charge is 2.33. The third-order valence-electron chi connectivity index (χ3n) is 5.36. The van der Waals surface area contributed by atoms with Crippen molar-refractivity contribution < 1.29 is 29.1 Å². The highest BCUT2D eigenvalue weighted by molar-refractivity contribution is 5.95. The molecule has 0 aromatic rings. The SMILES string of the molecule is CCC(C)C(NC(=O)C(CCCCN)NC(=O)C(N)CC(N)=O)C(=O)NC(C(=O)O)C(C)C. The Bertz CT molecular complexity index is 686. The van der Waals surface area contributed by atoms with Crippen LogP contribution in [0, 0.1) is 11.8 Å². The van der Waals surface area contributed by atoms with Crippen molar-refractivity contribution >= 4 is 29.6 Å². The number of carbonyl (C=O) groups excluding carboxylic acids is 4. The maximum Gasteiger partial charge on any atom is 0.326 e. The van der Waals surface area contributed by atoms with Crippen LogP contribution in [-0.4, -0.2) is 65.4 Å². The van der Waals surface area contributed by atoms with Crippen molar-refractivity contribution in [1.82, 2.24) is 16.0 Å². The molecule has 0 saturated carbocycles. The second-order valence-corrected chi connectivity index (χ2v) is 8.56. The average Bonchev–Trinajstić information content (AvgIpc) is 2.73. The van der Waals surface area contributed by atoms with Gasteiger partial charge in [-0.2, -0.15) is 0 Å². The molecule has 0 aliphatic rings. The predicted octanol–water partition coefficient (Wildman–Crippen LogP) is -1.44. The summed E-state index contributed by atoms with van der Waals surface area (Å²) >= 11 is 0. The zero-order valence-electron chi connectivity index (χ0n) is 19.9. The first-order valence-electron chi connectivity index (χ1n) is 11.2. The van der Waals surface area contributed by atoms with Crippen molar-refractivity contribution in [3.05, 3.63) is 0 Å². The summed E-state index contributed by atoms with van der Waals surface area (Å²) in [5.41, 5.74) is 16.2. The first-order valence-corrected chi connectivity index (χ1v) is 11.2. The summed E-state index contributed by atoms with van der Waals surface area (Å²) in [5.74, 6) is -4.59. The Morgan fingerprint density at radius 3 is 1.91 bits per heavy atom. The number of amides is 4. The van der Waals surface area contributed by atoms with Gasteiger partial charge in [-0.3, -0.25) is 19.2 Å². The minimum Gasteiger partial charge on any atom is -0.480 e. The summed E-state index contributed by atoms with van der Waals surface area (Å²) in [5, 5.41) is 17.0. The first-order chi connectivity index (χ1) is 15.3. The molecule has 12 nitrogen and oxygen atoms in total. The van der Waals surface area contributed by atoms with E-state index in [1.54, 1.807) is 20.8 Å². The van der Waals surface area contributed by atoms with Crippen molar-refractivity contribution in [2.24, 2.45) is 29.0 Å². The molecule has 0 rings (SSSR count). The molecule has 0 saturated heterocycles. The van der Waals surface area contributed by atoms with Gasteiger partial charge >= 0.3 is 5.97 Å². The number of hydrogen-bond donors (Lipinski definition) is 7. The molecule has 0 radical (unpaired) electrons. The zero-order valence-corrected chi connectivity index (χ0v) is 19.9. The second kappa shape index (κ2) is 15.2. The quantitative estimate of drug-likeness (QED) is 0.131. The molecule has 0 heterocycles. The van der Waals surface area contributed by atoms with Gasteiger partial charge in [-0.25, -0.2) is 4.79 Å². The minimum atomic E-state index is -1.22. The van der Waals surface area contributed by atoms with Crippen LogP contribution in [0.4, 0.5) is 0 Å². The second-order valence-electron chi connectivity index (χ2n) is 8.56. The minimum absolute atomic E-state index is 0.233. The lowest BCUT2D eigenvalue weighted by atomic mass is 9.96. The van der Waals surface area contributed by atoms with Crippen LogP contribution in [0.15, 0.2) is 0 Å². The van der Waals surface area contributed by atoms with E-state index in [1.165, 1.54) is 0 Å². The maximum absolute atomic E-state index is 13.0. The van der Waals surface area contributed by atoms with Crippen molar-refractivity contribution in [3.8, 4) is 0 Å². The van der Waals surface area contributed by atoms with Crippen LogP contribution in [0.1, 0.15) is 59.8 Å². The number of carboxylic acid groups (broad SMARTS) is 1. The molecule has 33 heavy (non-hydrogen) atoms. The molecule has 5 atom stereocenters. The molecular formula is C21H40N6O6. The lowest BCUT2D eigenvalue weighted by Crippen LogP contribution is -2.59. The van der Waals surface area contributed by atoms with Gasteiger partial charge in [0.2, 0.25) is 23.6 Å². The zero-order chi connectivity index (χ0) is 25.7. The van der Waals surface area contributed by atoms with E-state index in [0.717, 1.165) is 0 Å². The molecule has 4 amide bonds. The van der Waals surface area contributed by atoms with Gasteiger partial charge in [-0.15, -0.1) is 0 Å². The molecular weight excluding hydrogens is 432 g/mol. The fourth-order valence-corrected chi connectivity index (χ4v) is 3.06. The van der Waals surface area contributed by atoms with E-state index in [1.807, 2.05) is 6.92 Å². The molecule has 5 unspecified atom stereocenters. The summed E-state index contributed by atoms with van der Waals surface area (Å²) in [4.78, 5) is 60.7. The Balaban J connectivity index is 5.56. The lowest BCUT2D eigenvalue weighted by Gasteiger charge is -2.28. The number of nitrogens with two attached hydrogens (primary N) is 3. The van der Waals surface area contributed by atoms with Gasteiger partial charge in [-0.1, -0.05) is 34.1 Å². The Kier molecular flexibility index (Phi) is 13.9. The summed E-state index contributed by atoms with van der Waals surface area (Å²) in [6.45, 7) is 7.30. The normalized spacial score (nSPS) is 15.6. The van der Waals surface area contributed by atoms with Crippen LogP contribution < -0.4 is 33.2 Å². The molecule has 0 aromatic carbocycles. The van der Waals surface area contributed by atoms with E-state index >= 15 is 0 Å². The lowest BCUT2D eigenvalue weighted by molar-refractivity contribution is -0.144. The first kappa shape index (κ1) is 30.3. The number of primary amides is 1. The van der Waals surface area contributed by atoms with E-state index < -0.39 is 53.8 Å². The van der Waals surface area contributed by atoms with Gasteiger partial charge in [-0.05, 0) is 37.6 Å². The molecule has 0 aliphatic carbocycles. The fraction of sp³-hybridized carbons (Fsp3) is 0.762. The highest BCUT2D eigenvalue weighted by Crippen LogP contribution is 2.12. The summed E-state index contributed by atoms with van der Waals surface area (Å²) in [6.07, 6.45) is 1.51. The van der Waals surface area contributed by atoms with Crippen molar-refractivity contribution in [2.75, 3.05) is 6.54 Å². The number of nitrogens with one attached hydrogen (secondary N) is 3. The summed E-state index contributed by atoms with van der Waals surface area (Å²) in [6, 6.07) is -4.38. The summed E-state index contributed by atoms with van der Waals surface area (Å²) < 4.78 is 0. The van der Waals surface area contributed by atoms with Crippen molar-refractivity contribution in [1.29, 1.82) is 0 Å². The maximum atomic E-state index is 13.0. The van der Waals surface area contributed by atoms with Crippen molar-refractivity contribution in [3.63, 3.8) is 0 Å². The fourth-order valence-electron chi connectivity index (χ4n) is 3.06. The number of carboxylic acids is 1. The van der Waals surface area contributed by atoms with E-state index in [0.29, 0.717) is 25.8 Å². The molecule has 12 heteroatoms. The summed E-state index contributed by atoms with van der Waals surface area (Å²) in [7, 11) is 0. The Hall–Kier alpha value is -2.73. The van der Waals surface area contributed by atoms with Crippen LogP contribution in [-0.2, 0) is 24.0 Å². The number of aliphatic carboxylic acids is 1. The van der Waals surface area contributed by atoms with Crippen LogP contribution in [0.3, 0.4) is 0 Å². The largest absolute Gasteiger partial charge is 0.480 e. The average molecular weight is 473 g/mol. The van der Waals surface area contributed by atoms with Crippen LogP contribution in [0.2, 0.25) is 0 Å². The van der Waals surface area contributed by atoms with Crippen molar-refractivity contribution in [2.45, 2.75) is 84.0 Å². The smallest absolute Gasteiger partial charge is 0.326 e. The standard InChI is InChI=1S/C21H40N6O6/c1-5-12(4)17(20(31)26-16(11(2)3)21(32)33)27-19(30)14(8-6-7-9-22)25-18(29)13(23)10-15(24)28/h11-14,16-17H,5-10,22-23H2,1-4H3,(H2,24,28)(H,25,29)(H,26,31)(H,27,30)(H,32,33). The molecule has 10 N–H and O–H groups in total. The third-order valence-corrected chi connectivity index (χ3v) is 5.36. The number of rotatable bonds is 16. The molecule has 0 aliphatic heterocycles. The number of hydrogen-bond acceptors (Lipinski definition) is 7. The monoisotopic (exact) mass is 472 g/mol. The van der Waals surface area contributed by atoms with E-state index in [9.17, 15) is 29.1 Å². The molecule has 0 spiro atoms. The number of carbonyl (C=O) groups is 5. The number of unbranched alkanes of at least 4 members (excludes halogenated alkanes) is 1. The predicted molar refractivity (Wildman–Crippen MR) is 122 cm³/mol. The molecule has 190 valence electrons. The molecule has 0 fully saturated rings. The van der Waals surface area contributed by atoms with E-state index in [4.69, 9.17) is 17.2 Å². The van der Waals surface area contributed by atoms with Gasteiger partial charge in [0, 0.05) is 0 Å². The highest BCUT2D eigenvalue weighted by atomic mass is 16.4. The Morgan fingerprint density at radius 2 is 1.45 bits per heavy atom. The van der Waals surface area contributed by atoms with Gasteiger partial charge in [0.1, 0.15) is 18.1 Å². The van der Waals surface area contributed by atoms with Crippen LogP contribution in [0.5, 0.6) is 0 Å². The van der Waals surface area contributed by atoms with Crippen LogP contribution >= 0.6 is 0 Å². The Labute approximate surface area is 194 Å². The Morgan fingerprint density at radius 1 is 0.879 bits per heavy atom.